The van der Waals surface area contributed by atoms with Crippen LogP contribution in [-0.4, -0.2) is 32.3 Å². The fraction of sp³-hybridized carbons (Fsp3) is 0.316. The van der Waals surface area contributed by atoms with Gasteiger partial charge < -0.3 is 9.42 Å². The highest BCUT2D eigenvalue weighted by molar-refractivity contribution is 5.92. The molecule has 26 heavy (non-hydrogen) atoms. The molecular weight excluding hydrogens is 332 g/mol. The first kappa shape index (κ1) is 16.4. The molecule has 1 aliphatic heterocycles. The summed E-state index contributed by atoms with van der Waals surface area (Å²) in [5.41, 5.74) is 1.48. The predicted octanol–water partition coefficient (Wildman–Crippen LogP) is 2.83. The highest BCUT2D eigenvalue weighted by atomic mass is 16.5. The first-order valence-electron chi connectivity index (χ1n) is 8.75. The van der Waals surface area contributed by atoms with E-state index >= 15 is 0 Å². The van der Waals surface area contributed by atoms with Gasteiger partial charge in [0.25, 0.3) is 11.5 Å². The zero-order valence-corrected chi connectivity index (χ0v) is 14.5. The minimum absolute atomic E-state index is 0.128. The van der Waals surface area contributed by atoms with Gasteiger partial charge in [0.2, 0.25) is 0 Å². The number of aryl methyl sites for hydroxylation is 1. The lowest BCUT2D eigenvalue weighted by molar-refractivity contribution is 0.0595. The van der Waals surface area contributed by atoms with Crippen molar-refractivity contribution in [3.8, 4) is 5.69 Å². The summed E-state index contributed by atoms with van der Waals surface area (Å²) in [4.78, 5) is 27.2. The number of para-hydroxylation sites is 1. The summed E-state index contributed by atoms with van der Waals surface area (Å²) in [5.74, 6) is 0.531. The van der Waals surface area contributed by atoms with Gasteiger partial charge in [-0.3, -0.25) is 14.7 Å². The molecule has 1 saturated heterocycles. The van der Waals surface area contributed by atoms with Gasteiger partial charge in [-0.25, -0.2) is 4.68 Å². The van der Waals surface area contributed by atoms with Crippen molar-refractivity contribution < 1.29 is 9.32 Å². The molecule has 0 saturated carbocycles. The number of amides is 1. The number of benzene rings is 1. The predicted molar refractivity (Wildman–Crippen MR) is 95.3 cm³/mol. The molecule has 1 aromatic carbocycles. The molecule has 1 N–H and O–H groups in total. The average Bonchev–Trinajstić information content (AvgIpc) is 3.28. The molecule has 3 heterocycles. The Bertz CT molecular complexity index is 970. The van der Waals surface area contributed by atoms with Crippen molar-refractivity contribution in [1.29, 1.82) is 0 Å². The van der Waals surface area contributed by atoms with Crippen LogP contribution >= 0.6 is 0 Å². The molecule has 2 aromatic heterocycles. The van der Waals surface area contributed by atoms with E-state index in [1.807, 2.05) is 43.3 Å². The monoisotopic (exact) mass is 352 g/mol. The van der Waals surface area contributed by atoms with Gasteiger partial charge in [0.05, 0.1) is 11.7 Å². The van der Waals surface area contributed by atoms with Gasteiger partial charge in [-0.05, 0) is 38.3 Å². The van der Waals surface area contributed by atoms with Crippen LogP contribution in [0.15, 0.2) is 51.8 Å². The normalized spacial score (nSPS) is 17.4. The summed E-state index contributed by atoms with van der Waals surface area (Å²) in [7, 11) is 0. The number of nitrogens with zero attached hydrogens (tertiary/aromatic N) is 3. The van der Waals surface area contributed by atoms with Crippen LogP contribution in [0.3, 0.4) is 0 Å². The lowest BCUT2D eigenvalue weighted by atomic mass is 9.98. The molecule has 1 fully saturated rings. The zero-order valence-electron chi connectivity index (χ0n) is 14.5. The molecule has 0 radical (unpaired) electrons. The van der Waals surface area contributed by atoms with Crippen LogP contribution in [0.2, 0.25) is 0 Å². The lowest BCUT2D eigenvalue weighted by Crippen LogP contribution is -2.39. The molecule has 0 bridgehead atoms. The van der Waals surface area contributed by atoms with E-state index in [2.05, 4.69) is 10.3 Å². The molecule has 0 spiro atoms. The van der Waals surface area contributed by atoms with E-state index in [1.54, 1.807) is 4.90 Å². The van der Waals surface area contributed by atoms with Gasteiger partial charge in [0, 0.05) is 18.7 Å². The minimum atomic E-state index is -0.259. The number of aromatic nitrogens is 3. The Hall–Kier alpha value is -3.09. The van der Waals surface area contributed by atoms with Crippen molar-refractivity contribution in [1.82, 2.24) is 19.8 Å². The molecule has 7 nitrogen and oxygen atoms in total. The third-order valence-electron chi connectivity index (χ3n) is 4.72. The Kier molecular flexibility index (Phi) is 4.20. The fourth-order valence-electron chi connectivity index (χ4n) is 3.45. The number of rotatable bonds is 3. The number of hydrogen-bond donors (Lipinski definition) is 1. The van der Waals surface area contributed by atoms with Gasteiger partial charge in [-0.1, -0.05) is 23.4 Å². The third kappa shape index (κ3) is 2.96. The van der Waals surface area contributed by atoms with E-state index in [0.29, 0.717) is 12.2 Å². The van der Waals surface area contributed by atoms with Gasteiger partial charge >= 0.3 is 0 Å². The summed E-state index contributed by atoms with van der Waals surface area (Å²) in [6.45, 7) is 2.47. The van der Waals surface area contributed by atoms with Crippen molar-refractivity contribution in [2.45, 2.75) is 32.2 Å². The van der Waals surface area contributed by atoms with E-state index < -0.39 is 0 Å². The van der Waals surface area contributed by atoms with Crippen LogP contribution in [0.25, 0.3) is 5.69 Å². The van der Waals surface area contributed by atoms with E-state index in [1.165, 1.54) is 10.7 Å². The summed E-state index contributed by atoms with van der Waals surface area (Å²) >= 11 is 0. The smallest absolute Gasteiger partial charge is 0.272 e. The van der Waals surface area contributed by atoms with Crippen molar-refractivity contribution in [3.05, 3.63) is 70.0 Å². The van der Waals surface area contributed by atoms with Crippen molar-refractivity contribution in [2.24, 2.45) is 0 Å². The van der Waals surface area contributed by atoms with E-state index in [-0.39, 0.29) is 23.2 Å². The Morgan fingerprint density at radius 3 is 2.77 bits per heavy atom. The number of carbonyl (C=O) groups excluding carboxylic acids is 1. The van der Waals surface area contributed by atoms with Crippen molar-refractivity contribution >= 4 is 5.91 Å². The Labute approximate surface area is 150 Å². The number of aromatic amines is 1. The number of nitrogens with one attached hydrogen (secondary N) is 1. The van der Waals surface area contributed by atoms with Crippen LogP contribution in [-0.2, 0) is 0 Å². The lowest BCUT2D eigenvalue weighted by Gasteiger charge is -2.34. The van der Waals surface area contributed by atoms with Crippen LogP contribution < -0.4 is 5.56 Å². The van der Waals surface area contributed by atoms with Crippen LogP contribution in [0, 0.1) is 6.92 Å². The maximum atomic E-state index is 13.1. The summed E-state index contributed by atoms with van der Waals surface area (Å²) < 4.78 is 6.56. The molecule has 134 valence electrons. The van der Waals surface area contributed by atoms with Crippen molar-refractivity contribution in [3.63, 3.8) is 0 Å². The maximum Gasteiger partial charge on any atom is 0.272 e. The molecule has 0 unspecified atom stereocenters. The second-order valence-corrected chi connectivity index (χ2v) is 6.55. The molecule has 7 heteroatoms. The Balaban J connectivity index is 1.65. The summed E-state index contributed by atoms with van der Waals surface area (Å²) in [6.07, 6.45) is 2.80. The molecule has 1 amide bonds. The zero-order chi connectivity index (χ0) is 18.1. The van der Waals surface area contributed by atoms with E-state index in [0.717, 1.165) is 30.7 Å². The Morgan fingerprint density at radius 2 is 2.04 bits per heavy atom. The summed E-state index contributed by atoms with van der Waals surface area (Å²) in [6, 6.07) is 12.3. The number of piperidine rings is 1. The SMILES string of the molecule is Cc1cc([C@H]2CCCCN2C(=O)c2cc(=O)n(-c3ccccc3)[nH]2)no1. The van der Waals surface area contributed by atoms with E-state index in [9.17, 15) is 9.59 Å². The Morgan fingerprint density at radius 1 is 1.23 bits per heavy atom. The first-order valence-corrected chi connectivity index (χ1v) is 8.75. The van der Waals surface area contributed by atoms with Crippen LogP contribution in [0.1, 0.15) is 47.2 Å². The number of carbonyl (C=O) groups is 1. The minimum Gasteiger partial charge on any atom is -0.361 e. The average molecular weight is 352 g/mol. The maximum absolute atomic E-state index is 13.1. The van der Waals surface area contributed by atoms with Gasteiger partial charge in [0.15, 0.2) is 0 Å². The largest absolute Gasteiger partial charge is 0.361 e. The topological polar surface area (TPSA) is 84.1 Å². The second kappa shape index (κ2) is 6.67. The van der Waals surface area contributed by atoms with Gasteiger partial charge in [-0.2, -0.15) is 0 Å². The van der Waals surface area contributed by atoms with E-state index in [4.69, 9.17) is 4.52 Å². The fourth-order valence-corrected chi connectivity index (χ4v) is 3.45. The van der Waals surface area contributed by atoms with Crippen molar-refractivity contribution in [2.75, 3.05) is 6.54 Å². The first-order chi connectivity index (χ1) is 12.6. The number of hydrogen-bond acceptors (Lipinski definition) is 4. The number of likely N-dealkylation sites (tertiary alicyclic amines) is 1. The molecular formula is C19H20N4O3. The third-order valence-corrected chi connectivity index (χ3v) is 4.72. The standard InChI is InChI=1S/C19H20N4O3/c1-13-11-15(21-26-13)17-9-5-6-10-22(17)19(25)16-12-18(24)23(20-16)14-7-3-2-4-8-14/h2-4,7-8,11-12,17,20H,5-6,9-10H2,1H3/t17-/m1/s1. The molecule has 1 aliphatic rings. The summed E-state index contributed by atoms with van der Waals surface area (Å²) in [5, 5.41) is 7.03. The highest BCUT2D eigenvalue weighted by Crippen LogP contribution is 2.31. The molecule has 1 atom stereocenters. The van der Waals surface area contributed by atoms with Crippen LogP contribution in [0.4, 0.5) is 0 Å². The second-order valence-electron chi connectivity index (χ2n) is 6.55. The quantitative estimate of drug-likeness (QED) is 0.785. The van der Waals surface area contributed by atoms with Crippen LogP contribution in [0.5, 0.6) is 0 Å². The molecule has 3 aromatic rings. The highest BCUT2D eigenvalue weighted by Gasteiger charge is 2.31. The molecule has 0 aliphatic carbocycles. The molecule has 4 rings (SSSR count). The van der Waals surface area contributed by atoms with Gasteiger partial charge in [0.1, 0.15) is 17.1 Å². The van der Waals surface area contributed by atoms with Gasteiger partial charge in [-0.15, -0.1) is 0 Å². The number of H-pyrrole nitrogens is 1.